The highest BCUT2D eigenvalue weighted by atomic mass is 16.2. The van der Waals surface area contributed by atoms with E-state index < -0.39 is 0 Å². The molecule has 0 aromatic carbocycles. The lowest BCUT2D eigenvalue weighted by molar-refractivity contribution is -0.136. The summed E-state index contributed by atoms with van der Waals surface area (Å²) in [5.74, 6) is 0.438. The number of nitrogens with two attached hydrogens (primary N) is 1. The molecule has 3 nitrogen and oxygen atoms in total. The second-order valence-electron chi connectivity index (χ2n) is 4.28. The van der Waals surface area contributed by atoms with Gasteiger partial charge in [-0.05, 0) is 19.8 Å². The van der Waals surface area contributed by atoms with Crippen LogP contribution in [0.1, 0.15) is 46.5 Å². The van der Waals surface area contributed by atoms with Crippen molar-refractivity contribution in [2.45, 2.75) is 52.5 Å². The summed E-state index contributed by atoms with van der Waals surface area (Å²) in [5, 5.41) is 0. The highest BCUT2D eigenvalue weighted by molar-refractivity contribution is 5.78. The summed E-state index contributed by atoms with van der Waals surface area (Å²) in [6.07, 6.45) is 4.23. The zero-order valence-corrected chi connectivity index (χ0v) is 10.6. The first-order chi connectivity index (χ1) is 7.08. The third-order valence-electron chi connectivity index (χ3n) is 3.10. The van der Waals surface area contributed by atoms with Gasteiger partial charge in [-0.2, -0.15) is 0 Å². The van der Waals surface area contributed by atoms with Crippen molar-refractivity contribution in [3.8, 4) is 0 Å². The van der Waals surface area contributed by atoms with Crippen LogP contribution in [0.15, 0.2) is 0 Å². The fourth-order valence-corrected chi connectivity index (χ4v) is 1.62. The van der Waals surface area contributed by atoms with Crippen molar-refractivity contribution in [2.75, 3.05) is 13.6 Å². The van der Waals surface area contributed by atoms with Gasteiger partial charge in [-0.3, -0.25) is 4.79 Å². The number of carbonyl (C=O) groups excluding carboxylic acids is 1. The number of hydrogen-bond donors (Lipinski definition) is 1. The first kappa shape index (κ1) is 14.4. The number of hydrogen-bond acceptors (Lipinski definition) is 2. The molecule has 0 aliphatic rings. The van der Waals surface area contributed by atoms with E-state index >= 15 is 0 Å². The lowest BCUT2D eigenvalue weighted by Gasteiger charge is -2.27. The summed E-state index contributed by atoms with van der Waals surface area (Å²) in [4.78, 5) is 13.8. The van der Waals surface area contributed by atoms with E-state index in [1.54, 1.807) is 4.90 Å². The van der Waals surface area contributed by atoms with E-state index in [0.29, 0.717) is 6.54 Å². The zero-order valence-electron chi connectivity index (χ0n) is 10.6. The molecule has 0 aliphatic carbocycles. The van der Waals surface area contributed by atoms with Crippen LogP contribution in [0.25, 0.3) is 0 Å². The third-order valence-corrected chi connectivity index (χ3v) is 3.10. The molecule has 0 rings (SSSR count). The van der Waals surface area contributed by atoms with E-state index in [-0.39, 0.29) is 17.9 Å². The second kappa shape index (κ2) is 7.69. The minimum atomic E-state index is 0.146. The van der Waals surface area contributed by atoms with E-state index in [9.17, 15) is 4.79 Å². The van der Waals surface area contributed by atoms with Gasteiger partial charge in [0.1, 0.15) is 0 Å². The van der Waals surface area contributed by atoms with Crippen molar-refractivity contribution in [1.82, 2.24) is 4.90 Å². The van der Waals surface area contributed by atoms with E-state index in [0.717, 1.165) is 25.7 Å². The SMILES string of the molecule is CCCCC(CC)C(=O)N(C)C(C)CN. The molecule has 3 heteroatoms. The molecular formula is C12H26N2O. The van der Waals surface area contributed by atoms with Gasteiger partial charge in [0.2, 0.25) is 5.91 Å². The molecule has 0 aliphatic heterocycles. The molecule has 2 unspecified atom stereocenters. The van der Waals surface area contributed by atoms with Gasteiger partial charge in [-0.15, -0.1) is 0 Å². The van der Waals surface area contributed by atoms with Crippen molar-refractivity contribution in [3.63, 3.8) is 0 Å². The van der Waals surface area contributed by atoms with Crippen LogP contribution in [0.2, 0.25) is 0 Å². The van der Waals surface area contributed by atoms with Crippen LogP contribution in [-0.2, 0) is 4.79 Å². The lowest BCUT2D eigenvalue weighted by Crippen LogP contribution is -2.42. The minimum Gasteiger partial charge on any atom is -0.342 e. The number of amides is 1. The normalized spacial score (nSPS) is 14.7. The second-order valence-corrected chi connectivity index (χ2v) is 4.28. The highest BCUT2D eigenvalue weighted by Crippen LogP contribution is 2.16. The Balaban J connectivity index is 4.24. The Kier molecular flexibility index (Phi) is 7.39. The van der Waals surface area contributed by atoms with E-state index in [1.807, 2.05) is 14.0 Å². The van der Waals surface area contributed by atoms with Crippen LogP contribution in [0.4, 0.5) is 0 Å². The van der Waals surface area contributed by atoms with Gasteiger partial charge >= 0.3 is 0 Å². The first-order valence-electron chi connectivity index (χ1n) is 6.05. The predicted octanol–water partition coefficient (Wildman–Crippen LogP) is 2.01. The monoisotopic (exact) mass is 214 g/mol. The molecule has 0 aromatic heterocycles. The third kappa shape index (κ3) is 4.65. The quantitative estimate of drug-likeness (QED) is 0.704. The number of carbonyl (C=O) groups is 1. The van der Waals surface area contributed by atoms with Gasteiger partial charge in [-0.25, -0.2) is 0 Å². The Morgan fingerprint density at radius 2 is 2.00 bits per heavy atom. The van der Waals surface area contributed by atoms with Crippen LogP contribution < -0.4 is 5.73 Å². The van der Waals surface area contributed by atoms with E-state index in [4.69, 9.17) is 5.73 Å². The van der Waals surface area contributed by atoms with Crippen LogP contribution in [0, 0.1) is 5.92 Å². The summed E-state index contributed by atoms with van der Waals surface area (Å²) in [6.45, 7) is 6.76. The van der Waals surface area contributed by atoms with Crippen molar-refractivity contribution in [1.29, 1.82) is 0 Å². The molecule has 1 amide bonds. The standard InChI is InChI=1S/C12H26N2O/c1-5-7-8-11(6-2)12(15)14(4)10(3)9-13/h10-11H,5-9,13H2,1-4H3. The van der Waals surface area contributed by atoms with Crippen molar-refractivity contribution in [3.05, 3.63) is 0 Å². The molecule has 0 saturated carbocycles. The number of likely N-dealkylation sites (N-methyl/N-ethyl adjacent to an activating group) is 1. The molecule has 2 atom stereocenters. The zero-order chi connectivity index (χ0) is 11.8. The summed E-state index contributed by atoms with van der Waals surface area (Å²) in [5.41, 5.74) is 5.56. The maximum Gasteiger partial charge on any atom is 0.225 e. The van der Waals surface area contributed by atoms with Crippen molar-refractivity contribution < 1.29 is 4.79 Å². The predicted molar refractivity (Wildman–Crippen MR) is 64.6 cm³/mol. The van der Waals surface area contributed by atoms with E-state index in [1.165, 1.54) is 0 Å². The maximum absolute atomic E-state index is 12.1. The number of rotatable bonds is 7. The van der Waals surface area contributed by atoms with Gasteiger partial charge < -0.3 is 10.6 Å². The van der Waals surface area contributed by atoms with Gasteiger partial charge in [0, 0.05) is 25.6 Å². The average molecular weight is 214 g/mol. The van der Waals surface area contributed by atoms with Crippen molar-refractivity contribution in [2.24, 2.45) is 11.7 Å². The molecule has 0 fully saturated rings. The summed E-state index contributed by atoms with van der Waals surface area (Å²) >= 11 is 0. The molecule has 0 saturated heterocycles. The smallest absolute Gasteiger partial charge is 0.225 e. The average Bonchev–Trinajstić information content (AvgIpc) is 2.27. The molecule has 0 aromatic rings. The molecule has 0 heterocycles. The Morgan fingerprint density at radius 3 is 2.40 bits per heavy atom. The first-order valence-corrected chi connectivity index (χ1v) is 6.05. The minimum absolute atomic E-state index is 0.146. The van der Waals surface area contributed by atoms with Gasteiger partial charge in [0.25, 0.3) is 0 Å². The fourth-order valence-electron chi connectivity index (χ4n) is 1.62. The Labute approximate surface area is 94.0 Å². The summed E-state index contributed by atoms with van der Waals surface area (Å²) in [7, 11) is 1.86. The molecule has 0 spiro atoms. The van der Waals surface area contributed by atoms with Crippen LogP contribution in [0.3, 0.4) is 0 Å². The fraction of sp³-hybridized carbons (Fsp3) is 0.917. The Morgan fingerprint density at radius 1 is 1.40 bits per heavy atom. The van der Waals surface area contributed by atoms with Crippen LogP contribution in [0.5, 0.6) is 0 Å². The van der Waals surface area contributed by atoms with Crippen LogP contribution in [-0.4, -0.2) is 30.4 Å². The number of unbranched alkanes of at least 4 members (excludes halogenated alkanes) is 1. The van der Waals surface area contributed by atoms with E-state index in [2.05, 4.69) is 13.8 Å². The molecule has 15 heavy (non-hydrogen) atoms. The highest BCUT2D eigenvalue weighted by Gasteiger charge is 2.22. The largest absolute Gasteiger partial charge is 0.342 e. The Bertz CT molecular complexity index is 182. The molecular weight excluding hydrogens is 188 g/mol. The van der Waals surface area contributed by atoms with Crippen molar-refractivity contribution >= 4 is 5.91 Å². The molecule has 2 N–H and O–H groups in total. The van der Waals surface area contributed by atoms with Gasteiger partial charge in [0.05, 0.1) is 0 Å². The molecule has 90 valence electrons. The van der Waals surface area contributed by atoms with Gasteiger partial charge in [0.15, 0.2) is 0 Å². The maximum atomic E-state index is 12.1. The Hall–Kier alpha value is -0.570. The molecule has 0 bridgehead atoms. The summed E-state index contributed by atoms with van der Waals surface area (Å²) < 4.78 is 0. The lowest BCUT2D eigenvalue weighted by atomic mass is 9.97. The van der Waals surface area contributed by atoms with Crippen LogP contribution >= 0.6 is 0 Å². The topological polar surface area (TPSA) is 46.3 Å². The molecule has 0 radical (unpaired) electrons. The number of nitrogens with zero attached hydrogens (tertiary/aromatic N) is 1. The summed E-state index contributed by atoms with van der Waals surface area (Å²) in [6, 6.07) is 0.146. The van der Waals surface area contributed by atoms with Gasteiger partial charge in [-0.1, -0.05) is 26.7 Å².